The van der Waals surface area contributed by atoms with Crippen LogP contribution in [0, 0.1) is 13.8 Å². The van der Waals surface area contributed by atoms with E-state index in [1.807, 2.05) is 11.8 Å². The summed E-state index contributed by atoms with van der Waals surface area (Å²) in [5, 5.41) is 4.98. The molecule has 0 atom stereocenters. The maximum atomic E-state index is 5.59. The van der Waals surface area contributed by atoms with Crippen molar-refractivity contribution in [1.29, 1.82) is 0 Å². The Morgan fingerprint density at radius 3 is 1.35 bits per heavy atom. The maximum Gasteiger partial charge on any atom is 0.107 e. The van der Waals surface area contributed by atoms with Crippen molar-refractivity contribution in [2.24, 2.45) is 0 Å². The van der Waals surface area contributed by atoms with Gasteiger partial charge in [-0.15, -0.1) is 0 Å². The van der Waals surface area contributed by atoms with Gasteiger partial charge in [0.25, 0.3) is 0 Å². The number of aryl methyl sites for hydroxylation is 2. The van der Waals surface area contributed by atoms with Crippen molar-refractivity contribution in [3.63, 3.8) is 0 Å². The lowest BCUT2D eigenvalue weighted by atomic mass is 9.68. The molecule has 9 rings (SSSR count). The average Bonchev–Trinajstić information content (AvgIpc) is 3.14. The predicted molar refractivity (Wildman–Crippen MR) is 207 cm³/mol. The highest BCUT2D eigenvalue weighted by molar-refractivity contribution is 7.99. The minimum absolute atomic E-state index is 0. The Hall–Kier alpha value is -5.51. The van der Waals surface area contributed by atoms with Gasteiger partial charge in [-0.2, -0.15) is 0 Å². The van der Waals surface area contributed by atoms with Crippen molar-refractivity contribution >= 4 is 33.3 Å². The molecule has 2 nitrogen and oxygen atoms in total. The summed E-state index contributed by atoms with van der Waals surface area (Å²) < 4.78 is 0. The predicted octanol–water partition coefficient (Wildman–Crippen LogP) is 12.2. The van der Waals surface area contributed by atoms with Gasteiger partial charge >= 0.3 is 0 Å². The molecule has 8 aromatic rings. The van der Waals surface area contributed by atoms with E-state index in [4.69, 9.17) is 9.97 Å². The van der Waals surface area contributed by atoms with Gasteiger partial charge in [0.1, 0.15) is 5.41 Å². The van der Waals surface area contributed by atoms with E-state index in [0.717, 1.165) is 33.9 Å². The topological polar surface area (TPSA) is 25.8 Å². The van der Waals surface area contributed by atoms with Crippen LogP contribution in [-0.4, -0.2) is 9.97 Å². The van der Waals surface area contributed by atoms with Gasteiger partial charge in [0, 0.05) is 20.9 Å². The molecule has 1 aliphatic rings. The van der Waals surface area contributed by atoms with Gasteiger partial charge in [-0.3, -0.25) is 9.97 Å². The van der Waals surface area contributed by atoms with Gasteiger partial charge in [0.2, 0.25) is 0 Å². The Bertz CT molecular complexity index is 2360. The molecular weight excluding hydrogens is 613 g/mol. The fourth-order valence-corrected chi connectivity index (χ4v) is 8.87. The average molecular weight is 649 g/mol. The lowest BCUT2D eigenvalue weighted by Gasteiger charge is -2.40. The third-order valence-electron chi connectivity index (χ3n) is 10.0. The van der Waals surface area contributed by atoms with Crippen LogP contribution in [0.1, 0.15) is 41.1 Å². The van der Waals surface area contributed by atoms with Crippen LogP contribution in [0.25, 0.3) is 44.1 Å². The van der Waals surface area contributed by atoms with Crippen molar-refractivity contribution in [1.82, 2.24) is 9.97 Å². The van der Waals surface area contributed by atoms with E-state index in [9.17, 15) is 0 Å². The van der Waals surface area contributed by atoms with Crippen molar-refractivity contribution < 1.29 is 0 Å². The first-order valence-electron chi connectivity index (χ1n) is 16.4. The zero-order valence-electron chi connectivity index (χ0n) is 26.8. The summed E-state index contributed by atoms with van der Waals surface area (Å²) in [5.74, 6) is 0. The van der Waals surface area contributed by atoms with Crippen molar-refractivity contribution in [3.05, 3.63) is 191 Å². The smallest absolute Gasteiger partial charge is 0.107 e. The molecule has 3 heterocycles. The third-order valence-corrected chi connectivity index (χ3v) is 11.2. The van der Waals surface area contributed by atoms with E-state index in [-0.39, 0.29) is 7.43 Å². The molecule has 0 amide bonds. The monoisotopic (exact) mass is 648 g/mol. The third kappa shape index (κ3) is 4.80. The molecule has 2 aromatic heterocycles. The Balaban J connectivity index is 0.00000348. The maximum absolute atomic E-state index is 5.59. The number of hydrogen-bond acceptors (Lipinski definition) is 3. The highest BCUT2D eigenvalue weighted by atomic mass is 32.2. The number of benzene rings is 6. The summed E-state index contributed by atoms with van der Waals surface area (Å²) in [6, 6.07) is 56.6. The van der Waals surface area contributed by atoms with E-state index in [0.29, 0.717) is 0 Å². The number of pyridine rings is 2. The van der Waals surface area contributed by atoms with E-state index < -0.39 is 5.41 Å². The minimum atomic E-state index is -0.736. The molecule has 0 unspecified atom stereocenters. The molecule has 0 spiro atoms. The molecule has 0 fully saturated rings. The van der Waals surface area contributed by atoms with Gasteiger partial charge in [-0.1, -0.05) is 141 Å². The zero-order valence-corrected chi connectivity index (χ0v) is 27.6. The van der Waals surface area contributed by atoms with Crippen LogP contribution in [0.3, 0.4) is 0 Å². The normalized spacial score (nSPS) is 13.0. The standard InChI is InChI=1S/C45H32N2S.CH4/c1-29-33-15-5-3-13-31(33)25-27-35(29)39-19-11-23-43(46-39)45(37-17-7-9-21-41(37)48-42-22-10-8-18-38(42)45)44-24-12-20-40(47-44)36-28-26-32-14-4-6-16-34(32)30(36)2;/h3-28H,1-2H3;1H4. The Morgan fingerprint density at radius 2 is 0.857 bits per heavy atom. The fourth-order valence-electron chi connectivity index (χ4n) is 7.67. The molecule has 0 saturated carbocycles. The molecule has 0 N–H and O–H groups in total. The minimum Gasteiger partial charge on any atom is -0.251 e. The van der Waals surface area contributed by atoms with Crippen LogP contribution >= 0.6 is 11.8 Å². The summed E-state index contributed by atoms with van der Waals surface area (Å²) >= 11 is 1.83. The van der Waals surface area contributed by atoms with E-state index in [1.54, 1.807) is 0 Å². The molecule has 236 valence electrons. The fraction of sp³-hybridized carbons (Fsp3) is 0.0870. The number of hydrogen-bond donors (Lipinski definition) is 0. The number of aromatic nitrogens is 2. The van der Waals surface area contributed by atoms with Crippen molar-refractivity contribution in [2.45, 2.75) is 36.5 Å². The number of rotatable bonds is 4. The van der Waals surface area contributed by atoms with Crippen LogP contribution < -0.4 is 0 Å². The van der Waals surface area contributed by atoms with Gasteiger partial charge < -0.3 is 0 Å². The summed E-state index contributed by atoms with van der Waals surface area (Å²) in [6.45, 7) is 4.42. The van der Waals surface area contributed by atoms with Gasteiger partial charge in [0.05, 0.1) is 22.8 Å². The van der Waals surface area contributed by atoms with Crippen molar-refractivity contribution in [3.8, 4) is 22.5 Å². The Labute approximate surface area is 292 Å². The Kier molecular flexibility index (Phi) is 7.66. The second-order valence-corrected chi connectivity index (χ2v) is 13.7. The van der Waals surface area contributed by atoms with Gasteiger partial charge in [-0.05, 0) is 94.0 Å². The lowest BCUT2D eigenvalue weighted by molar-refractivity contribution is 0.656. The second-order valence-electron chi connectivity index (χ2n) is 12.6. The summed E-state index contributed by atoms with van der Waals surface area (Å²) in [6.07, 6.45) is 0. The van der Waals surface area contributed by atoms with Crippen LogP contribution in [0.15, 0.2) is 168 Å². The van der Waals surface area contributed by atoms with Crippen LogP contribution in [-0.2, 0) is 5.41 Å². The van der Waals surface area contributed by atoms with E-state index in [1.165, 1.54) is 53.6 Å². The summed E-state index contributed by atoms with van der Waals surface area (Å²) in [7, 11) is 0. The first-order chi connectivity index (χ1) is 23.6. The molecule has 0 aliphatic carbocycles. The van der Waals surface area contributed by atoms with Gasteiger partial charge in [0.15, 0.2) is 0 Å². The molecule has 49 heavy (non-hydrogen) atoms. The highest BCUT2D eigenvalue weighted by Crippen LogP contribution is 2.55. The van der Waals surface area contributed by atoms with Crippen LogP contribution in [0.2, 0.25) is 0 Å². The quantitative estimate of drug-likeness (QED) is 0.190. The SMILES string of the molecule is C.Cc1c(-c2cccc(C3(c4cccc(-c5ccc6ccccc6c5C)n4)c4ccccc4Sc4ccccc43)n2)ccc2ccccc12. The Morgan fingerprint density at radius 1 is 0.429 bits per heavy atom. The van der Waals surface area contributed by atoms with Crippen LogP contribution in [0.4, 0.5) is 0 Å². The zero-order chi connectivity index (χ0) is 32.2. The first-order valence-corrected chi connectivity index (χ1v) is 17.2. The molecular formula is C46H36N2S. The number of fused-ring (bicyclic) bond motifs is 4. The molecule has 0 radical (unpaired) electrons. The van der Waals surface area contributed by atoms with E-state index >= 15 is 0 Å². The highest BCUT2D eigenvalue weighted by Gasteiger charge is 2.46. The van der Waals surface area contributed by atoms with Crippen molar-refractivity contribution in [2.75, 3.05) is 0 Å². The second kappa shape index (κ2) is 12.2. The first kappa shape index (κ1) is 30.8. The summed E-state index contributed by atoms with van der Waals surface area (Å²) in [5.41, 5.74) is 10.3. The molecule has 0 saturated heterocycles. The molecule has 0 bridgehead atoms. The molecule has 6 aromatic carbocycles. The van der Waals surface area contributed by atoms with Crippen LogP contribution in [0.5, 0.6) is 0 Å². The molecule has 1 aliphatic heterocycles. The van der Waals surface area contributed by atoms with E-state index in [2.05, 4.69) is 172 Å². The largest absolute Gasteiger partial charge is 0.251 e. The molecule has 3 heteroatoms. The van der Waals surface area contributed by atoms with Gasteiger partial charge in [-0.25, -0.2) is 0 Å². The lowest BCUT2D eigenvalue weighted by Crippen LogP contribution is -2.36. The summed E-state index contributed by atoms with van der Waals surface area (Å²) in [4.78, 5) is 13.6. The number of nitrogens with zero attached hydrogens (tertiary/aromatic N) is 2.